The van der Waals surface area contributed by atoms with Crippen LogP contribution in [-0.2, 0) is 11.3 Å². The minimum absolute atomic E-state index is 0.556. The molecular formula is C19H26N4O2S. The Hall–Kier alpha value is -1.96. The predicted molar refractivity (Wildman–Crippen MR) is 105 cm³/mol. The van der Waals surface area contributed by atoms with E-state index in [4.69, 9.17) is 0 Å². The number of aromatic nitrogens is 1. The zero-order valence-electron chi connectivity index (χ0n) is 15.5. The number of thiazole rings is 1. The van der Waals surface area contributed by atoms with Gasteiger partial charge in [0, 0.05) is 43.3 Å². The van der Waals surface area contributed by atoms with Crippen LogP contribution >= 0.6 is 11.3 Å². The van der Waals surface area contributed by atoms with Gasteiger partial charge >= 0.3 is 0 Å². The summed E-state index contributed by atoms with van der Waals surface area (Å²) < 4.78 is 0. The molecule has 1 aromatic heterocycles. The fraction of sp³-hybridized carbons (Fsp3) is 0.474. The predicted octanol–water partition coefficient (Wildman–Crippen LogP) is 2.83. The second-order valence-electron chi connectivity index (χ2n) is 6.77. The summed E-state index contributed by atoms with van der Waals surface area (Å²) in [5.74, 6) is 0. The van der Waals surface area contributed by atoms with Crippen molar-refractivity contribution in [3.05, 3.63) is 39.9 Å². The van der Waals surface area contributed by atoms with E-state index >= 15 is 0 Å². The van der Waals surface area contributed by atoms with Gasteiger partial charge in [-0.05, 0) is 38.0 Å². The van der Waals surface area contributed by atoms with Crippen LogP contribution in [0.2, 0.25) is 0 Å². The van der Waals surface area contributed by atoms with Gasteiger partial charge in [0.25, 0.3) is 0 Å². The van der Waals surface area contributed by atoms with Crippen molar-refractivity contribution in [3.8, 4) is 0 Å². The molecule has 2 N–H and O–H groups in total. The van der Waals surface area contributed by atoms with Crippen molar-refractivity contribution in [2.24, 2.45) is 0 Å². The van der Waals surface area contributed by atoms with Crippen molar-refractivity contribution < 1.29 is 9.90 Å². The molecule has 1 aliphatic heterocycles. The molecule has 1 aromatic carbocycles. The van der Waals surface area contributed by atoms with E-state index in [2.05, 4.69) is 40.3 Å². The number of anilines is 2. The molecule has 0 aliphatic carbocycles. The first-order chi connectivity index (χ1) is 12.5. The van der Waals surface area contributed by atoms with Crippen LogP contribution in [-0.4, -0.2) is 52.5 Å². The number of hydrogen-bond acceptors (Lipinski definition) is 6. The van der Waals surface area contributed by atoms with E-state index in [0.29, 0.717) is 0 Å². The van der Waals surface area contributed by atoms with Crippen LogP contribution in [0.4, 0.5) is 10.8 Å². The molecule has 1 unspecified atom stereocenters. The fourth-order valence-electron chi connectivity index (χ4n) is 3.22. The van der Waals surface area contributed by atoms with Crippen LogP contribution in [0.3, 0.4) is 0 Å². The van der Waals surface area contributed by atoms with Crippen molar-refractivity contribution in [3.63, 3.8) is 0 Å². The highest BCUT2D eigenvalue weighted by Gasteiger charge is 2.17. The van der Waals surface area contributed by atoms with E-state index in [1.165, 1.54) is 11.1 Å². The summed E-state index contributed by atoms with van der Waals surface area (Å²) in [6.07, 6.45) is 0.379. The van der Waals surface area contributed by atoms with E-state index in [1.54, 1.807) is 18.3 Å². The molecular weight excluding hydrogens is 348 g/mol. The number of nitrogens with zero attached hydrogens (tertiary/aromatic N) is 3. The third kappa shape index (κ3) is 4.23. The summed E-state index contributed by atoms with van der Waals surface area (Å²) in [5, 5.41) is 14.0. The lowest BCUT2D eigenvalue weighted by Gasteiger charge is -2.32. The molecule has 0 saturated carbocycles. The summed E-state index contributed by atoms with van der Waals surface area (Å²) in [6, 6.07) is 6.27. The minimum Gasteiger partial charge on any atom is -0.387 e. The second-order valence-corrected chi connectivity index (χ2v) is 7.97. The Bertz CT molecular complexity index is 767. The Balaban J connectivity index is 1.71. The number of hydrogen-bond donors (Lipinski definition) is 2. The normalized spacial score (nSPS) is 16.5. The summed E-state index contributed by atoms with van der Waals surface area (Å²) in [5.41, 5.74) is 4.26. The Morgan fingerprint density at radius 3 is 2.65 bits per heavy atom. The standard InChI is InChI=1S/C19H26N4O2S/c1-13-16(11-22-7-9-23(12-24)10-8-22)5-4-6-17(13)20-19-21-18(14(2)25)15(3)26-19/h4-6,12,14,25H,7-11H2,1-3H3,(H,20,21). The number of amides is 1. The Kier molecular flexibility index (Phi) is 5.90. The molecule has 26 heavy (non-hydrogen) atoms. The molecule has 7 heteroatoms. The number of piperazine rings is 1. The molecule has 1 fully saturated rings. The third-order valence-corrected chi connectivity index (χ3v) is 5.77. The van der Waals surface area contributed by atoms with Gasteiger partial charge < -0.3 is 15.3 Å². The maximum absolute atomic E-state index is 10.8. The first-order valence-electron chi connectivity index (χ1n) is 8.90. The van der Waals surface area contributed by atoms with Crippen LogP contribution in [0.1, 0.15) is 34.7 Å². The minimum atomic E-state index is -0.556. The Morgan fingerprint density at radius 2 is 2.04 bits per heavy atom. The van der Waals surface area contributed by atoms with Crippen LogP contribution in [0, 0.1) is 13.8 Å². The zero-order chi connectivity index (χ0) is 18.7. The maximum Gasteiger partial charge on any atom is 0.209 e. The van der Waals surface area contributed by atoms with E-state index < -0.39 is 6.10 Å². The first-order valence-corrected chi connectivity index (χ1v) is 9.72. The lowest BCUT2D eigenvalue weighted by Crippen LogP contribution is -2.45. The average Bonchev–Trinajstić information content (AvgIpc) is 3.00. The molecule has 1 amide bonds. The average molecular weight is 375 g/mol. The molecule has 0 radical (unpaired) electrons. The topological polar surface area (TPSA) is 68.7 Å². The van der Waals surface area contributed by atoms with Gasteiger partial charge in [-0.3, -0.25) is 9.69 Å². The van der Waals surface area contributed by atoms with E-state index in [1.807, 2.05) is 11.8 Å². The lowest BCUT2D eigenvalue weighted by molar-refractivity contribution is -0.119. The third-order valence-electron chi connectivity index (χ3n) is 4.87. The number of benzene rings is 1. The highest BCUT2D eigenvalue weighted by atomic mass is 32.1. The number of nitrogens with one attached hydrogen (secondary N) is 1. The molecule has 1 atom stereocenters. The molecule has 6 nitrogen and oxygen atoms in total. The van der Waals surface area contributed by atoms with E-state index in [0.717, 1.165) is 60.5 Å². The monoisotopic (exact) mass is 374 g/mol. The number of aliphatic hydroxyl groups is 1. The van der Waals surface area contributed by atoms with Gasteiger partial charge in [-0.1, -0.05) is 12.1 Å². The molecule has 1 aliphatic rings. The van der Waals surface area contributed by atoms with Gasteiger partial charge in [0.15, 0.2) is 5.13 Å². The first kappa shape index (κ1) is 18.8. The van der Waals surface area contributed by atoms with Crippen molar-refractivity contribution >= 4 is 28.6 Å². The summed E-state index contributed by atoms with van der Waals surface area (Å²) in [7, 11) is 0. The number of rotatable bonds is 6. The van der Waals surface area contributed by atoms with Crippen molar-refractivity contribution in [2.75, 3.05) is 31.5 Å². The van der Waals surface area contributed by atoms with Crippen LogP contribution < -0.4 is 5.32 Å². The van der Waals surface area contributed by atoms with Crippen molar-refractivity contribution in [1.82, 2.24) is 14.8 Å². The largest absolute Gasteiger partial charge is 0.387 e. The van der Waals surface area contributed by atoms with E-state index in [9.17, 15) is 9.90 Å². The summed E-state index contributed by atoms with van der Waals surface area (Å²) in [6.45, 7) is 10.1. The van der Waals surface area contributed by atoms with Crippen LogP contribution in [0.5, 0.6) is 0 Å². The molecule has 0 bridgehead atoms. The molecule has 2 aromatic rings. The molecule has 3 rings (SSSR count). The van der Waals surface area contributed by atoms with Gasteiger partial charge in [-0.25, -0.2) is 4.98 Å². The molecule has 140 valence electrons. The number of aryl methyl sites for hydroxylation is 1. The maximum atomic E-state index is 10.8. The summed E-state index contributed by atoms with van der Waals surface area (Å²) in [4.78, 5) is 20.6. The van der Waals surface area contributed by atoms with Crippen molar-refractivity contribution in [1.29, 1.82) is 0 Å². The quantitative estimate of drug-likeness (QED) is 0.761. The summed E-state index contributed by atoms with van der Waals surface area (Å²) >= 11 is 1.56. The Labute approximate surface area is 158 Å². The Morgan fingerprint density at radius 1 is 1.31 bits per heavy atom. The zero-order valence-corrected chi connectivity index (χ0v) is 16.3. The second kappa shape index (κ2) is 8.16. The van der Waals surface area contributed by atoms with Gasteiger partial charge in [0.05, 0.1) is 11.8 Å². The van der Waals surface area contributed by atoms with Gasteiger partial charge in [0.1, 0.15) is 0 Å². The SMILES string of the molecule is Cc1sc(Nc2cccc(CN3CCN(C=O)CC3)c2C)nc1C(C)O. The van der Waals surface area contributed by atoms with E-state index in [-0.39, 0.29) is 0 Å². The highest BCUT2D eigenvalue weighted by Crippen LogP contribution is 2.30. The van der Waals surface area contributed by atoms with Gasteiger partial charge in [0.2, 0.25) is 6.41 Å². The van der Waals surface area contributed by atoms with Crippen LogP contribution in [0.25, 0.3) is 0 Å². The molecule has 0 spiro atoms. The van der Waals surface area contributed by atoms with Gasteiger partial charge in [-0.2, -0.15) is 0 Å². The number of aliphatic hydroxyl groups excluding tert-OH is 1. The lowest BCUT2D eigenvalue weighted by atomic mass is 10.1. The molecule has 2 heterocycles. The number of carbonyl (C=O) groups is 1. The van der Waals surface area contributed by atoms with Gasteiger partial charge in [-0.15, -0.1) is 11.3 Å². The smallest absolute Gasteiger partial charge is 0.209 e. The van der Waals surface area contributed by atoms with Crippen LogP contribution in [0.15, 0.2) is 18.2 Å². The highest BCUT2D eigenvalue weighted by molar-refractivity contribution is 7.15. The molecule has 1 saturated heterocycles. The fourth-order valence-corrected chi connectivity index (χ4v) is 4.14. The number of carbonyl (C=O) groups excluding carboxylic acids is 1. The van der Waals surface area contributed by atoms with Crippen molar-refractivity contribution in [2.45, 2.75) is 33.4 Å².